The van der Waals surface area contributed by atoms with Crippen LogP contribution in [0, 0.1) is 0 Å². The number of rotatable bonds is 4. The van der Waals surface area contributed by atoms with Crippen molar-refractivity contribution in [1.82, 2.24) is 0 Å². The molecule has 0 saturated carbocycles. The van der Waals surface area contributed by atoms with Gasteiger partial charge in [-0.1, -0.05) is 30.1 Å². The van der Waals surface area contributed by atoms with E-state index in [4.69, 9.17) is 27.6 Å². The molecule has 0 fully saturated rings. The van der Waals surface area contributed by atoms with Gasteiger partial charge in [0.1, 0.15) is 11.5 Å². The van der Waals surface area contributed by atoms with E-state index in [1.165, 1.54) is 0 Å². The van der Waals surface area contributed by atoms with Crippen molar-refractivity contribution in [2.24, 2.45) is 0 Å². The zero-order chi connectivity index (χ0) is 13.1. The molecule has 1 aromatic carbocycles. The van der Waals surface area contributed by atoms with Crippen LogP contribution in [0.15, 0.2) is 28.7 Å². The second-order valence-corrected chi connectivity index (χ2v) is 4.68. The van der Waals surface area contributed by atoms with Crippen molar-refractivity contribution < 1.29 is 9.52 Å². The maximum absolute atomic E-state index is 9.44. The number of aryl methyl sites for hydroxylation is 1. The molecule has 0 aliphatic heterocycles. The van der Waals surface area contributed by atoms with Gasteiger partial charge in [-0.15, -0.1) is 0 Å². The van der Waals surface area contributed by atoms with E-state index in [1.807, 2.05) is 19.1 Å². The van der Waals surface area contributed by atoms with Crippen molar-refractivity contribution in [2.45, 2.75) is 19.9 Å². The van der Waals surface area contributed by atoms with Crippen LogP contribution in [0.1, 0.15) is 18.4 Å². The Bertz CT molecular complexity index is 529. The minimum absolute atomic E-state index is 0.102. The average molecular weight is 286 g/mol. The first-order chi connectivity index (χ1) is 8.60. The molecule has 0 spiro atoms. The van der Waals surface area contributed by atoms with E-state index >= 15 is 0 Å². The highest BCUT2D eigenvalue weighted by molar-refractivity contribution is 6.37. The summed E-state index contributed by atoms with van der Waals surface area (Å²) in [5.41, 5.74) is 0.734. The van der Waals surface area contributed by atoms with E-state index < -0.39 is 0 Å². The number of hydrogen-bond acceptors (Lipinski definition) is 3. The maximum Gasteiger partial charge on any atom is 0.152 e. The number of furan rings is 1. The van der Waals surface area contributed by atoms with Crippen LogP contribution in [0.2, 0.25) is 10.0 Å². The van der Waals surface area contributed by atoms with E-state index in [0.29, 0.717) is 6.54 Å². The Morgan fingerprint density at radius 2 is 1.78 bits per heavy atom. The third-order valence-corrected chi connectivity index (χ3v) is 3.13. The third kappa shape index (κ3) is 2.92. The second-order valence-electron chi connectivity index (χ2n) is 3.86. The molecule has 0 bridgehead atoms. The predicted molar refractivity (Wildman–Crippen MR) is 73.5 cm³/mol. The standard InChI is InChI=1S/C13H13Cl2NO2/c1-2-9-3-4-10(18-9)7-16-8-5-11(14)13(17)12(15)6-8/h3-6,16-17H,2,7H2,1H3. The zero-order valence-corrected chi connectivity index (χ0v) is 11.3. The predicted octanol–water partition coefficient (Wildman–Crippen LogP) is 4.47. The number of nitrogens with one attached hydrogen (secondary N) is 1. The van der Waals surface area contributed by atoms with Gasteiger partial charge in [-0.2, -0.15) is 0 Å². The monoisotopic (exact) mass is 285 g/mol. The van der Waals surface area contributed by atoms with Gasteiger partial charge in [0.2, 0.25) is 0 Å². The van der Waals surface area contributed by atoms with E-state index in [9.17, 15) is 5.11 Å². The molecular weight excluding hydrogens is 273 g/mol. The van der Waals surface area contributed by atoms with Gasteiger partial charge in [0, 0.05) is 12.1 Å². The molecule has 1 heterocycles. The summed E-state index contributed by atoms with van der Waals surface area (Å²) in [5, 5.41) is 13.0. The van der Waals surface area contributed by atoms with Crippen molar-refractivity contribution in [3.63, 3.8) is 0 Å². The fraction of sp³-hybridized carbons (Fsp3) is 0.231. The quantitative estimate of drug-likeness (QED) is 0.815. The lowest BCUT2D eigenvalue weighted by Gasteiger charge is -2.07. The van der Waals surface area contributed by atoms with Gasteiger partial charge in [-0.05, 0) is 24.3 Å². The summed E-state index contributed by atoms with van der Waals surface area (Å²) in [7, 11) is 0. The van der Waals surface area contributed by atoms with Gasteiger partial charge in [0.05, 0.1) is 16.6 Å². The Kier molecular flexibility index (Phi) is 4.04. The Labute approximate surface area is 115 Å². The molecule has 1 aromatic heterocycles. The highest BCUT2D eigenvalue weighted by Crippen LogP contribution is 2.34. The number of benzene rings is 1. The van der Waals surface area contributed by atoms with Crippen molar-refractivity contribution in [2.75, 3.05) is 5.32 Å². The van der Waals surface area contributed by atoms with Crippen LogP contribution in [0.3, 0.4) is 0 Å². The molecule has 2 rings (SSSR count). The first-order valence-electron chi connectivity index (χ1n) is 5.59. The van der Waals surface area contributed by atoms with Gasteiger partial charge in [-0.25, -0.2) is 0 Å². The topological polar surface area (TPSA) is 45.4 Å². The first kappa shape index (κ1) is 13.1. The highest BCUT2D eigenvalue weighted by Gasteiger charge is 2.07. The maximum atomic E-state index is 9.44. The van der Waals surface area contributed by atoms with Gasteiger partial charge in [0.15, 0.2) is 5.75 Å². The molecule has 0 aliphatic carbocycles. The smallest absolute Gasteiger partial charge is 0.152 e. The number of phenols is 1. The molecule has 0 atom stereocenters. The molecule has 0 aliphatic rings. The molecule has 3 nitrogen and oxygen atoms in total. The number of anilines is 1. The minimum Gasteiger partial charge on any atom is -0.505 e. The summed E-state index contributed by atoms with van der Waals surface area (Å²) in [6.07, 6.45) is 0.872. The van der Waals surface area contributed by atoms with Crippen molar-refractivity contribution in [3.05, 3.63) is 45.8 Å². The molecule has 0 unspecified atom stereocenters. The number of hydrogen-bond donors (Lipinski definition) is 2. The average Bonchev–Trinajstić information content (AvgIpc) is 2.81. The van der Waals surface area contributed by atoms with Crippen molar-refractivity contribution in [1.29, 1.82) is 0 Å². The fourth-order valence-corrected chi connectivity index (χ4v) is 2.05. The van der Waals surface area contributed by atoms with Crippen LogP contribution < -0.4 is 5.32 Å². The molecule has 0 amide bonds. The highest BCUT2D eigenvalue weighted by atomic mass is 35.5. The van der Waals surface area contributed by atoms with Crippen molar-refractivity contribution >= 4 is 28.9 Å². The van der Waals surface area contributed by atoms with E-state index in [0.717, 1.165) is 23.6 Å². The van der Waals surface area contributed by atoms with Gasteiger partial charge in [-0.3, -0.25) is 0 Å². The summed E-state index contributed by atoms with van der Waals surface area (Å²) >= 11 is 11.7. The second kappa shape index (κ2) is 5.55. The summed E-state index contributed by atoms with van der Waals surface area (Å²) in [6, 6.07) is 7.11. The van der Waals surface area contributed by atoms with Crippen LogP contribution in [-0.2, 0) is 13.0 Å². The van der Waals surface area contributed by atoms with Crippen LogP contribution in [0.4, 0.5) is 5.69 Å². The Morgan fingerprint density at radius 3 is 2.33 bits per heavy atom. The Morgan fingerprint density at radius 1 is 1.17 bits per heavy atom. The SMILES string of the molecule is CCc1ccc(CNc2cc(Cl)c(O)c(Cl)c2)o1. The summed E-state index contributed by atoms with van der Waals surface area (Å²) in [5.74, 6) is 1.69. The molecule has 18 heavy (non-hydrogen) atoms. The molecular formula is C13H13Cl2NO2. The number of halogens is 2. The Hall–Kier alpha value is -1.32. The number of aromatic hydroxyl groups is 1. The molecule has 96 valence electrons. The van der Waals surface area contributed by atoms with Gasteiger partial charge in [0.25, 0.3) is 0 Å². The van der Waals surface area contributed by atoms with Crippen LogP contribution >= 0.6 is 23.2 Å². The van der Waals surface area contributed by atoms with E-state index in [2.05, 4.69) is 5.32 Å². The van der Waals surface area contributed by atoms with Gasteiger partial charge < -0.3 is 14.8 Å². The van der Waals surface area contributed by atoms with E-state index in [1.54, 1.807) is 12.1 Å². The molecule has 0 saturated heterocycles. The Balaban J connectivity index is 2.06. The van der Waals surface area contributed by atoms with Crippen LogP contribution in [0.5, 0.6) is 5.75 Å². The molecule has 5 heteroatoms. The summed E-state index contributed by atoms with van der Waals surface area (Å²) in [4.78, 5) is 0. The molecule has 2 aromatic rings. The largest absolute Gasteiger partial charge is 0.505 e. The molecule has 2 N–H and O–H groups in total. The minimum atomic E-state index is -0.102. The lowest BCUT2D eigenvalue weighted by Crippen LogP contribution is -1.98. The zero-order valence-electron chi connectivity index (χ0n) is 9.84. The number of phenolic OH excluding ortho intramolecular Hbond substituents is 1. The summed E-state index contributed by atoms with van der Waals surface area (Å²) < 4.78 is 5.56. The van der Waals surface area contributed by atoms with E-state index in [-0.39, 0.29) is 15.8 Å². The van der Waals surface area contributed by atoms with Crippen LogP contribution in [-0.4, -0.2) is 5.11 Å². The first-order valence-corrected chi connectivity index (χ1v) is 6.35. The van der Waals surface area contributed by atoms with Crippen molar-refractivity contribution in [3.8, 4) is 5.75 Å². The molecule has 0 radical (unpaired) electrons. The fourth-order valence-electron chi connectivity index (χ4n) is 1.56. The normalized spacial score (nSPS) is 10.6. The third-order valence-electron chi connectivity index (χ3n) is 2.55. The van der Waals surface area contributed by atoms with Gasteiger partial charge >= 0.3 is 0 Å². The van der Waals surface area contributed by atoms with Crippen LogP contribution in [0.25, 0.3) is 0 Å². The summed E-state index contributed by atoms with van der Waals surface area (Å²) in [6.45, 7) is 2.58. The lowest BCUT2D eigenvalue weighted by atomic mass is 10.3. The lowest BCUT2D eigenvalue weighted by molar-refractivity contribution is 0.475.